The maximum Gasteiger partial charge on any atom is 0.272 e. The van der Waals surface area contributed by atoms with Crippen molar-refractivity contribution in [2.75, 3.05) is 0 Å². The molecule has 0 spiro atoms. The minimum atomic E-state index is -0.0648. The van der Waals surface area contributed by atoms with Crippen LogP contribution in [0.4, 0.5) is 0 Å². The highest BCUT2D eigenvalue weighted by Crippen LogP contribution is 2.62. The van der Waals surface area contributed by atoms with E-state index in [1.807, 2.05) is 16.8 Å². The predicted octanol–water partition coefficient (Wildman–Crippen LogP) is 7.77. The van der Waals surface area contributed by atoms with Crippen molar-refractivity contribution in [2.45, 2.75) is 77.7 Å². The highest BCUT2D eigenvalue weighted by atomic mass is 35.5. The Balaban J connectivity index is 1.34. The molecule has 7 rings (SSSR count). The molecule has 3 fully saturated rings. The zero-order valence-electron chi connectivity index (χ0n) is 21.7. The first-order valence-corrected chi connectivity index (χ1v) is 14.4. The first-order chi connectivity index (χ1) is 17.7. The zero-order valence-corrected chi connectivity index (χ0v) is 23.2. The third kappa shape index (κ3) is 3.62. The lowest BCUT2D eigenvalue weighted by Crippen LogP contribution is -2.52. The molecule has 1 N–H and O–H groups in total. The molecule has 2 bridgehead atoms. The van der Waals surface area contributed by atoms with Crippen LogP contribution in [0.1, 0.15) is 86.0 Å². The number of amides is 1. The fraction of sp³-hybridized carbons (Fsp3) is 0.484. The van der Waals surface area contributed by atoms with Gasteiger partial charge in [-0.25, -0.2) is 4.68 Å². The minimum absolute atomic E-state index is 0.0648. The molecule has 37 heavy (non-hydrogen) atoms. The molecule has 1 amide bonds. The summed E-state index contributed by atoms with van der Waals surface area (Å²) >= 11 is 12.9. The summed E-state index contributed by atoms with van der Waals surface area (Å²) in [5.74, 6) is 1.30. The second-order valence-corrected chi connectivity index (χ2v) is 13.5. The van der Waals surface area contributed by atoms with Crippen LogP contribution in [0.25, 0.3) is 16.9 Å². The van der Waals surface area contributed by atoms with E-state index in [0.29, 0.717) is 27.6 Å². The fourth-order valence-corrected chi connectivity index (χ4v) is 8.31. The summed E-state index contributed by atoms with van der Waals surface area (Å²) in [6.45, 7) is 6.99. The normalized spacial score (nSPS) is 27.2. The van der Waals surface area contributed by atoms with Crippen LogP contribution in [0.2, 0.25) is 10.0 Å². The van der Waals surface area contributed by atoms with Gasteiger partial charge in [0.1, 0.15) is 0 Å². The number of aromatic nitrogens is 2. The molecule has 3 atom stereocenters. The molecule has 1 heterocycles. The van der Waals surface area contributed by atoms with E-state index in [0.717, 1.165) is 35.3 Å². The Kier molecular flexibility index (Phi) is 5.21. The van der Waals surface area contributed by atoms with Crippen LogP contribution < -0.4 is 5.32 Å². The van der Waals surface area contributed by atoms with Gasteiger partial charge in [-0.1, -0.05) is 62.2 Å². The lowest BCUT2D eigenvalue weighted by molar-refractivity contribution is 0.0732. The van der Waals surface area contributed by atoms with Gasteiger partial charge in [0, 0.05) is 22.2 Å². The van der Waals surface area contributed by atoms with Crippen molar-refractivity contribution in [1.29, 1.82) is 0 Å². The van der Waals surface area contributed by atoms with E-state index >= 15 is 0 Å². The molecule has 0 saturated heterocycles. The maximum absolute atomic E-state index is 14.0. The van der Waals surface area contributed by atoms with E-state index < -0.39 is 0 Å². The van der Waals surface area contributed by atoms with Crippen LogP contribution in [-0.2, 0) is 12.8 Å². The molecule has 3 saturated carbocycles. The molecular formula is C31H33Cl2N3O. The molecule has 0 aliphatic heterocycles. The number of carbonyl (C=O) groups excluding carboxylic acids is 1. The van der Waals surface area contributed by atoms with Crippen molar-refractivity contribution < 1.29 is 4.79 Å². The molecule has 0 radical (unpaired) electrons. The smallest absolute Gasteiger partial charge is 0.272 e. The molecule has 1 aromatic heterocycles. The number of benzene rings is 2. The van der Waals surface area contributed by atoms with Gasteiger partial charge in [0.2, 0.25) is 0 Å². The summed E-state index contributed by atoms with van der Waals surface area (Å²) < 4.78 is 1.88. The van der Waals surface area contributed by atoms with Gasteiger partial charge in [-0.05, 0) is 96.9 Å². The number of fused-ring (bicyclic) bond motifs is 5. The summed E-state index contributed by atoms with van der Waals surface area (Å²) in [6, 6.07) is 12.5. The van der Waals surface area contributed by atoms with Gasteiger partial charge in [0.15, 0.2) is 5.69 Å². The molecule has 3 aromatic rings. The number of aryl methyl sites for hydroxylation is 1. The Morgan fingerprint density at radius 3 is 2.57 bits per heavy atom. The summed E-state index contributed by atoms with van der Waals surface area (Å²) in [7, 11) is 0. The number of halogens is 2. The average molecular weight is 535 g/mol. The molecular weight excluding hydrogens is 501 g/mol. The highest BCUT2D eigenvalue weighted by Gasteiger charge is 2.59. The Bertz CT molecular complexity index is 1450. The minimum Gasteiger partial charge on any atom is -0.347 e. The topological polar surface area (TPSA) is 46.9 Å². The van der Waals surface area contributed by atoms with Gasteiger partial charge >= 0.3 is 0 Å². The monoisotopic (exact) mass is 533 g/mol. The Morgan fingerprint density at radius 2 is 1.86 bits per heavy atom. The Labute approximate surface area is 228 Å². The summed E-state index contributed by atoms with van der Waals surface area (Å²) in [4.78, 5) is 14.0. The molecule has 2 aromatic carbocycles. The third-order valence-corrected chi connectivity index (χ3v) is 10.5. The summed E-state index contributed by atoms with van der Waals surface area (Å²) in [5.41, 5.74) is 7.41. The van der Waals surface area contributed by atoms with Crippen LogP contribution in [-0.4, -0.2) is 21.7 Å². The molecule has 4 nitrogen and oxygen atoms in total. The lowest BCUT2D eigenvalue weighted by atomic mass is 9.68. The second-order valence-electron chi connectivity index (χ2n) is 12.7. The first kappa shape index (κ1) is 23.8. The zero-order chi connectivity index (χ0) is 25.7. The molecule has 4 aliphatic rings. The molecule has 6 heteroatoms. The van der Waals surface area contributed by atoms with Gasteiger partial charge in [0.05, 0.1) is 16.4 Å². The summed E-state index contributed by atoms with van der Waals surface area (Å²) in [6.07, 6.45) is 7.89. The second kappa shape index (κ2) is 8.10. The van der Waals surface area contributed by atoms with Crippen LogP contribution in [0, 0.1) is 16.7 Å². The van der Waals surface area contributed by atoms with E-state index in [4.69, 9.17) is 28.3 Å². The fourth-order valence-electron chi connectivity index (χ4n) is 7.82. The van der Waals surface area contributed by atoms with Crippen molar-refractivity contribution in [1.82, 2.24) is 15.1 Å². The highest BCUT2D eigenvalue weighted by molar-refractivity contribution is 6.35. The van der Waals surface area contributed by atoms with Gasteiger partial charge in [-0.3, -0.25) is 4.79 Å². The SMILES string of the molecule is CC1(C)C2CC[C@@](C)(C2)C1NC(=O)c1nn(-c2ccc(Cl)cc2Cl)c2c1CCc1cc(C3CC3)ccc1-2. The van der Waals surface area contributed by atoms with Crippen LogP contribution in [0.5, 0.6) is 0 Å². The van der Waals surface area contributed by atoms with Crippen LogP contribution in [0.15, 0.2) is 36.4 Å². The van der Waals surface area contributed by atoms with E-state index in [2.05, 4.69) is 44.3 Å². The Morgan fingerprint density at radius 1 is 1.05 bits per heavy atom. The Hall–Kier alpha value is -2.30. The molecule has 2 unspecified atom stereocenters. The van der Waals surface area contributed by atoms with Crippen molar-refractivity contribution in [3.8, 4) is 16.9 Å². The van der Waals surface area contributed by atoms with Gasteiger partial charge in [0.25, 0.3) is 5.91 Å². The third-order valence-electron chi connectivity index (χ3n) is 9.96. The van der Waals surface area contributed by atoms with Gasteiger partial charge in [-0.15, -0.1) is 0 Å². The number of nitrogens with one attached hydrogen (secondary N) is 1. The van der Waals surface area contributed by atoms with Crippen molar-refractivity contribution in [2.24, 2.45) is 16.7 Å². The van der Waals surface area contributed by atoms with Crippen LogP contribution in [0.3, 0.4) is 0 Å². The number of rotatable bonds is 4. The first-order valence-electron chi connectivity index (χ1n) is 13.7. The molecule has 4 aliphatic carbocycles. The number of nitrogens with zero attached hydrogens (tertiary/aromatic N) is 2. The standard InChI is InChI=1S/C31H33Cl2N3O/c1-30(2)20-12-13-31(3,16-20)29(30)34-28(37)26-23-10-7-19-14-18(17-4-5-17)6-9-22(19)27(23)36(35-26)25-11-8-21(32)15-24(25)33/h6,8-9,11,14-15,17,20,29H,4-5,7,10,12-13,16H2,1-3H3,(H,34,37)/t20?,29?,31-/m0/s1. The van der Waals surface area contributed by atoms with Crippen LogP contribution >= 0.6 is 23.2 Å². The summed E-state index contributed by atoms with van der Waals surface area (Å²) in [5, 5.41) is 9.56. The van der Waals surface area contributed by atoms with E-state index in [1.165, 1.54) is 43.2 Å². The van der Waals surface area contributed by atoms with Gasteiger partial charge < -0.3 is 5.32 Å². The van der Waals surface area contributed by atoms with E-state index in [9.17, 15) is 4.79 Å². The average Bonchev–Trinajstić information content (AvgIpc) is 3.48. The van der Waals surface area contributed by atoms with Gasteiger partial charge in [-0.2, -0.15) is 5.10 Å². The van der Waals surface area contributed by atoms with E-state index in [-0.39, 0.29) is 22.8 Å². The quantitative estimate of drug-likeness (QED) is 0.372. The number of hydrogen-bond donors (Lipinski definition) is 1. The lowest BCUT2D eigenvalue weighted by Gasteiger charge is -2.43. The largest absolute Gasteiger partial charge is 0.347 e. The number of carbonyl (C=O) groups is 1. The van der Waals surface area contributed by atoms with Crippen molar-refractivity contribution in [3.63, 3.8) is 0 Å². The molecule has 192 valence electrons. The van der Waals surface area contributed by atoms with E-state index in [1.54, 1.807) is 6.07 Å². The number of hydrogen-bond acceptors (Lipinski definition) is 2. The predicted molar refractivity (Wildman–Crippen MR) is 149 cm³/mol. The van der Waals surface area contributed by atoms with Crippen molar-refractivity contribution in [3.05, 3.63) is 68.8 Å². The van der Waals surface area contributed by atoms with Crippen molar-refractivity contribution >= 4 is 29.1 Å². The maximum atomic E-state index is 14.0.